The van der Waals surface area contributed by atoms with Gasteiger partial charge in [0.1, 0.15) is 5.75 Å². The van der Waals surface area contributed by atoms with Crippen LogP contribution in [0.25, 0.3) is 0 Å². The van der Waals surface area contributed by atoms with Crippen molar-refractivity contribution < 1.29 is 19.2 Å². The number of methoxy groups -OCH3 is 1. The van der Waals surface area contributed by atoms with Crippen LogP contribution in [0.3, 0.4) is 0 Å². The number of carbonyl (C=O) groups excluding carboxylic acids is 2. The van der Waals surface area contributed by atoms with Crippen LogP contribution < -0.4 is 14.5 Å². The zero-order valence-corrected chi connectivity index (χ0v) is 16.6. The van der Waals surface area contributed by atoms with E-state index >= 15 is 0 Å². The number of amides is 2. The molecule has 0 spiro atoms. The van der Waals surface area contributed by atoms with Gasteiger partial charge in [0.2, 0.25) is 5.91 Å². The van der Waals surface area contributed by atoms with E-state index in [9.17, 15) is 19.7 Å². The molecule has 1 atom stereocenters. The summed E-state index contributed by atoms with van der Waals surface area (Å²) >= 11 is 0. The lowest BCUT2D eigenvalue weighted by Crippen LogP contribution is -2.52. The Labute approximate surface area is 173 Å². The molecule has 2 aliphatic heterocycles. The van der Waals surface area contributed by atoms with Crippen molar-refractivity contribution in [3.05, 3.63) is 58.6 Å². The van der Waals surface area contributed by atoms with Crippen molar-refractivity contribution in [3.8, 4) is 5.75 Å². The van der Waals surface area contributed by atoms with Gasteiger partial charge >= 0.3 is 0 Å². The second-order valence-corrected chi connectivity index (χ2v) is 7.29. The molecule has 0 unspecified atom stereocenters. The number of hydrogen-bond donors (Lipinski definition) is 0. The lowest BCUT2D eigenvalue weighted by atomic mass is 10.1. The number of non-ortho nitro benzene ring substituents is 1. The highest BCUT2D eigenvalue weighted by Gasteiger charge is 2.43. The standard InChI is InChI=1S/C21H22N4O5/c1-30-18-4-2-3-17(13-18)24-20(26)14-19(21(24)27)23-11-9-22(10-12-23)15-5-7-16(8-6-15)25(28)29/h2-8,13,19H,9-12,14H2,1H3/t19-/m1/s1. The minimum atomic E-state index is -0.470. The molecule has 156 valence electrons. The zero-order chi connectivity index (χ0) is 21.3. The van der Waals surface area contributed by atoms with Gasteiger partial charge in [0.05, 0.1) is 30.2 Å². The third kappa shape index (κ3) is 3.71. The largest absolute Gasteiger partial charge is 0.497 e. The van der Waals surface area contributed by atoms with Gasteiger partial charge in [-0.2, -0.15) is 0 Å². The van der Waals surface area contributed by atoms with Gasteiger partial charge in [-0.25, -0.2) is 4.90 Å². The Bertz CT molecular complexity index is 970. The summed E-state index contributed by atoms with van der Waals surface area (Å²) in [4.78, 5) is 41.4. The zero-order valence-electron chi connectivity index (χ0n) is 16.6. The summed E-state index contributed by atoms with van der Waals surface area (Å²) in [5, 5.41) is 10.8. The highest BCUT2D eigenvalue weighted by Crippen LogP contribution is 2.29. The molecule has 2 fully saturated rings. The van der Waals surface area contributed by atoms with Crippen LogP contribution in [-0.4, -0.2) is 61.0 Å². The number of hydrogen-bond acceptors (Lipinski definition) is 7. The molecule has 30 heavy (non-hydrogen) atoms. The SMILES string of the molecule is COc1cccc(N2C(=O)C[C@@H](N3CCN(c4ccc([N+](=O)[O-])cc4)CC3)C2=O)c1. The first-order valence-electron chi connectivity index (χ1n) is 9.72. The monoisotopic (exact) mass is 410 g/mol. The number of anilines is 2. The summed E-state index contributed by atoms with van der Waals surface area (Å²) in [6.07, 6.45) is 0.160. The molecule has 0 N–H and O–H groups in total. The lowest BCUT2D eigenvalue weighted by Gasteiger charge is -2.38. The molecule has 2 saturated heterocycles. The first kappa shape index (κ1) is 19.8. The van der Waals surface area contributed by atoms with E-state index in [2.05, 4.69) is 4.90 Å². The van der Waals surface area contributed by atoms with Gasteiger partial charge in [0.15, 0.2) is 0 Å². The first-order chi connectivity index (χ1) is 14.5. The van der Waals surface area contributed by atoms with E-state index in [1.165, 1.54) is 17.0 Å². The Morgan fingerprint density at radius 2 is 1.70 bits per heavy atom. The van der Waals surface area contributed by atoms with Gasteiger partial charge in [-0.15, -0.1) is 0 Å². The van der Waals surface area contributed by atoms with Crippen LogP contribution >= 0.6 is 0 Å². The van der Waals surface area contributed by atoms with Gasteiger partial charge in [-0.3, -0.25) is 24.6 Å². The average molecular weight is 410 g/mol. The number of piperazine rings is 1. The summed E-state index contributed by atoms with van der Waals surface area (Å²) in [5.74, 6) is 0.168. The third-order valence-corrected chi connectivity index (χ3v) is 5.62. The van der Waals surface area contributed by atoms with E-state index < -0.39 is 11.0 Å². The van der Waals surface area contributed by atoms with Crippen molar-refractivity contribution in [2.45, 2.75) is 12.5 Å². The highest BCUT2D eigenvalue weighted by molar-refractivity contribution is 6.22. The molecule has 4 rings (SSSR count). The Balaban J connectivity index is 1.41. The highest BCUT2D eigenvalue weighted by atomic mass is 16.6. The van der Waals surface area contributed by atoms with Gasteiger partial charge in [0, 0.05) is 50.1 Å². The number of ether oxygens (including phenoxy) is 1. The number of carbonyl (C=O) groups is 2. The lowest BCUT2D eigenvalue weighted by molar-refractivity contribution is -0.384. The Kier molecular flexibility index (Phi) is 5.37. The van der Waals surface area contributed by atoms with Crippen LogP contribution in [0, 0.1) is 10.1 Å². The summed E-state index contributed by atoms with van der Waals surface area (Å²) < 4.78 is 5.20. The number of rotatable bonds is 5. The van der Waals surface area contributed by atoms with Crippen molar-refractivity contribution >= 4 is 28.9 Å². The molecule has 0 bridgehead atoms. The van der Waals surface area contributed by atoms with E-state index in [1.54, 1.807) is 43.5 Å². The Morgan fingerprint density at radius 3 is 2.33 bits per heavy atom. The fourth-order valence-corrected chi connectivity index (χ4v) is 4.00. The normalized spacial score (nSPS) is 20.0. The topological polar surface area (TPSA) is 96.2 Å². The Hall–Kier alpha value is -3.46. The molecule has 0 saturated carbocycles. The average Bonchev–Trinajstić information content (AvgIpc) is 3.07. The maximum absolute atomic E-state index is 13.0. The summed E-state index contributed by atoms with van der Waals surface area (Å²) in [5.41, 5.74) is 1.49. The fourth-order valence-electron chi connectivity index (χ4n) is 4.00. The van der Waals surface area contributed by atoms with Crippen molar-refractivity contribution in [2.75, 3.05) is 43.1 Å². The summed E-state index contributed by atoms with van der Waals surface area (Å²) in [6, 6.07) is 12.9. The maximum Gasteiger partial charge on any atom is 0.269 e. The molecule has 2 aliphatic rings. The molecule has 9 heteroatoms. The summed E-state index contributed by atoms with van der Waals surface area (Å²) in [6.45, 7) is 2.61. The molecule has 0 radical (unpaired) electrons. The molecule has 0 aromatic heterocycles. The van der Waals surface area contributed by atoms with Gasteiger partial charge < -0.3 is 9.64 Å². The second-order valence-electron chi connectivity index (χ2n) is 7.29. The molecule has 2 aromatic carbocycles. The van der Waals surface area contributed by atoms with E-state index in [0.29, 0.717) is 37.6 Å². The number of nitro groups is 1. The predicted octanol–water partition coefficient (Wildman–Crippen LogP) is 2.06. The summed E-state index contributed by atoms with van der Waals surface area (Å²) in [7, 11) is 1.54. The molecule has 2 heterocycles. The second kappa shape index (κ2) is 8.11. The third-order valence-electron chi connectivity index (χ3n) is 5.62. The molecule has 9 nitrogen and oxygen atoms in total. The fraction of sp³-hybridized carbons (Fsp3) is 0.333. The first-order valence-corrected chi connectivity index (χ1v) is 9.72. The van der Waals surface area contributed by atoms with Gasteiger partial charge in [-0.1, -0.05) is 6.07 Å². The van der Waals surface area contributed by atoms with Crippen LogP contribution in [0.2, 0.25) is 0 Å². The van der Waals surface area contributed by atoms with Crippen LogP contribution in [0.1, 0.15) is 6.42 Å². The molecule has 2 amide bonds. The van der Waals surface area contributed by atoms with Crippen LogP contribution in [0.5, 0.6) is 5.75 Å². The van der Waals surface area contributed by atoms with Gasteiger partial charge in [-0.05, 0) is 24.3 Å². The molecule has 0 aliphatic carbocycles. The number of nitro benzene ring substituents is 1. The molecular formula is C21H22N4O5. The van der Waals surface area contributed by atoms with Crippen LogP contribution in [0.4, 0.5) is 17.1 Å². The quantitative estimate of drug-likeness (QED) is 0.423. The smallest absolute Gasteiger partial charge is 0.269 e. The van der Waals surface area contributed by atoms with Crippen molar-refractivity contribution in [3.63, 3.8) is 0 Å². The van der Waals surface area contributed by atoms with Gasteiger partial charge in [0.25, 0.3) is 11.6 Å². The molecular weight excluding hydrogens is 388 g/mol. The minimum absolute atomic E-state index is 0.0603. The Morgan fingerprint density at radius 1 is 1.00 bits per heavy atom. The number of nitrogens with zero attached hydrogens (tertiary/aromatic N) is 4. The number of benzene rings is 2. The van der Waals surface area contributed by atoms with Crippen molar-refractivity contribution in [1.82, 2.24) is 4.90 Å². The molecule has 2 aromatic rings. The van der Waals surface area contributed by atoms with E-state index in [1.807, 2.05) is 4.90 Å². The van der Waals surface area contributed by atoms with Crippen molar-refractivity contribution in [2.24, 2.45) is 0 Å². The predicted molar refractivity (Wildman–Crippen MR) is 111 cm³/mol. The van der Waals surface area contributed by atoms with E-state index in [-0.39, 0.29) is 23.9 Å². The van der Waals surface area contributed by atoms with Crippen LogP contribution in [0.15, 0.2) is 48.5 Å². The van der Waals surface area contributed by atoms with E-state index in [0.717, 1.165) is 5.69 Å². The van der Waals surface area contributed by atoms with Crippen LogP contribution in [-0.2, 0) is 9.59 Å². The number of imide groups is 1. The van der Waals surface area contributed by atoms with Crippen molar-refractivity contribution in [1.29, 1.82) is 0 Å². The maximum atomic E-state index is 13.0. The van der Waals surface area contributed by atoms with E-state index in [4.69, 9.17) is 4.74 Å². The minimum Gasteiger partial charge on any atom is -0.497 e.